The van der Waals surface area contributed by atoms with Crippen LogP contribution in [-0.2, 0) is 0 Å². The maximum absolute atomic E-state index is 5.82. The molecule has 2 heteroatoms. The Balaban J connectivity index is 2.42. The molecule has 0 amide bonds. The Morgan fingerprint density at radius 3 is 2.71 bits per heavy atom. The lowest BCUT2D eigenvalue weighted by atomic mass is 10.3. The summed E-state index contributed by atoms with van der Waals surface area (Å²) in [5.41, 5.74) is 1.47. The predicted octanol–water partition coefficient (Wildman–Crippen LogP) is 2.58. The minimum Gasteiger partial charge on any atom is -0.0958 e. The van der Waals surface area contributed by atoms with E-state index < -0.39 is 0 Å². The first-order valence-electron chi connectivity index (χ1n) is 2.35. The molecule has 0 nitrogen and oxygen atoms in total. The van der Waals surface area contributed by atoms with Gasteiger partial charge in [0.05, 0.1) is 0 Å². The van der Waals surface area contributed by atoms with Crippen molar-refractivity contribution < 1.29 is 0 Å². The van der Waals surface area contributed by atoms with Crippen LogP contribution < -0.4 is 0 Å². The monoisotopic (exact) mass is 134 g/mol. The fourth-order valence-electron chi connectivity index (χ4n) is 0.655. The quantitative estimate of drug-likeness (QED) is 0.353. The van der Waals surface area contributed by atoms with Crippen molar-refractivity contribution in [3.05, 3.63) is 11.6 Å². The van der Waals surface area contributed by atoms with E-state index in [4.69, 9.17) is 11.2 Å². The molecule has 0 radical (unpaired) electrons. The molecule has 0 aromatic heterocycles. The van der Waals surface area contributed by atoms with Crippen molar-refractivity contribution in [3.63, 3.8) is 0 Å². The second kappa shape index (κ2) is 2.15. The molecule has 40 valence electrons. The topological polar surface area (TPSA) is 0 Å². The van der Waals surface area contributed by atoms with Crippen LogP contribution in [0.15, 0.2) is 11.6 Å². The summed E-state index contributed by atoms with van der Waals surface area (Å²) in [5, 5.41) is 0. The van der Waals surface area contributed by atoms with E-state index >= 15 is 0 Å². The molecule has 0 spiro atoms. The van der Waals surface area contributed by atoms with Crippen LogP contribution in [0.3, 0.4) is 0 Å². The first-order chi connectivity index (χ1) is 3.29. The van der Waals surface area contributed by atoms with Gasteiger partial charge in [0.1, 0.15) is 0 Å². The molecule has 1 heterocycles. The fraction of sp³-hybridized carbons (Fsp3) is 0.600. The molecule has 0 aliphatic carbocycles. The molecule has 1 unspecified atom stereocenters. The van der Waals surface area contributed by atoms with Gasteiger partial charge in [-0.1, -0.05) is 22.9 Å². The molecule has 1 atom stereocenters. The highest BCUT2D eigenvalue weighted by Crippen LogP contribution is 2.46. The zero-order chi connectivity index (χ0) is 5.28. The van der Waals surface area contributed by atoms with E-state index in [0.717, 1.165) is 12.3 Å². The minimum absolute atomic E-state index is 0.125. The van der Waals surface area contributed by atoms with E-state index in [9.17, 15) is 0 Å². The summed E-state index contributed by atoms with van der Waals surface area (Å²) in [5.74, 6) is 0. The number of allylic oxidation sites excluding steroid dienone is 2. The van der Waals surface area contributed by atoms with Gasteiger partial charge in [0.15, 0.2) is 0 Å². The van der Waals surface area contributed by atoms with Crippen molar-refractivity contribution in [1.29, 1.82) is 0 Å². The van der Waals surface area contributed by atoms with Gasteiger partial charge >= 0.3 is 0 Å². The Hall–Kier alpha value is 0.460. The Kier molecular flexibility index (Phi) is 1.72. The molecule has 0 aromatic carbocycles. The van der Waals surface area contributed by atoms with Crippen molar-refractivity contribution in [2.75, 3.05) is 12.3 Å². The van der Waals surface area contributed by atoms with Gasteiger partial charge in [0, 0.05) is 6.16 Å². The van der Waals surface area contributed by atoms with Crippen LogP contribution in [-0.4, -0.2) is 12.3 Å². The SMILES string of the molecule is CC1=CCP(Cl)C1. The van der Waals surface area contributed by atoms with Crippen LogP contribution >= 0.6 is 18.5 Å². The highest BCUT2D eigenvalue weighted by molar-refractivity contribution is 7.84. The van der Waals surface area contributed by atoms with Crippen LogP contribution in [0.4, 0.5) is 0 Å². The zero-order valence-corrected chi connectivity index (χ0v) is 5.97. The average molecular weight is 135 g/mol. The second-order valence-electron chi connectivity index (χ2n) is 1.85. The number of rotatable bonds is 0. The third kappa shape index (κ3) is 1.44. The van der Waals surface area contributed by atoms with Crippen molar-refractivity contribution in [2.45, 2.75) is 6.92 Å². The van der Waals surface area contributed by atoms with Crippen molar-refractivity contribution in [3.8, 4) is 0 Å². The van der Waals surface area contributed by atoms with E-state index in [1.807, 2.05) is 0 Å². The maximum atomic E-state index is 5.82. The first kappa shape index (κ1) is 5.59. The van der Waals surface area contributed by atoms with Gasteiger partial charge < -0.3 is 0 Å². The lowest BCUT2D eigenvalue weighted by Crippen LogP contribution is -1.68. The van der Waals surface area contributed by atoms with Gasteiger partial charge in [-0.05, 0) is 20.4 Å². The van der Waals surface area contributed by atoms with Crippen molar-refractivity contribution in [1.82, 2.24) is 0 Å². The van der Waals surface area contributed by atoms with Gasteiger partial charge in [-0.2, -0.15) is 0 Å². The van der Waals surface area contributed by atoms with E-state index in [1.165, 1.54) is 5.57 Å². The van der Waals surface area contributed by atoms with Crippen LogP contribution in [0.25, 0.3) is 0 Å². The van der Waals surface area contributed by atoms with E-state index in [0.29, 0.717) is 0 Å². The van der Waals surface area contributed by atoms with Gasteiger partial charge in [-0.25, -0.2) is 0 Å². The summed E-state index contributed by atoms with van der Waals surface area (Å²) in [6.45, 7) is 2.14. The predicted molar refractivity (Wildman–Crippen MR) is 36.3 cm³/mol. The molecule has 0 saturated heterocycles. The zero-order valence-electron chi connectivity index (χ0n) is 4.32. The summed E-state index contributed by atoms with van der Waals surface area (Å²) in [6.07, 6.45) is 4.54. The third-order valence-corrected chi connectivity index (χ3v) is 3.25. The highest BCUT2D eigenvalue weighted by atomic mass is 35.7. The van der Waals surface area contributed by atoms with Gasteiger partial charge in [-0.3, -0.25) is 0 Å². The van der Waals surface area contributed by atoms with E-state index in [2.05, 4.69) is 13.0 Å². The van der Waals surface area contributed by atoms with Crippen LogP contribution in [0.2, 0.25) is 0 Å². The smallest absolute Gasteiger partial charge is 0.00247 e. The van der Waals surface area contributed by atoms with Crippen molar-refractivity contribution in [2.24, 2.45) is 0 Å². The Labute approximate surface area is 50.1 Å². The highest BCUT2D eigenvalue weighted by Gasteiger charge is 2.08. The Morgan fingerprint density at radius 2 is 2.57 bits per heavy atom. The third-order valence-electron chi connectivity index (χ3n) is 1.06. The van der Waals surface area contributed by atoms with Gasteiger partial charge in [0.25, 0.3) is 0 Å². The van der Waals surface area contributed by atoms with Crippen LogP contribution in [0.5, 0.6) is 0 Å². The van der Waals surface area contributed by atoms with Crippen molar-refractivity contribution >= 4 is 18.5 Å². The van der Waals surface area contributed by atoms with E-state index in [1.54, 1.807) is 0 Å². The number of hydrogen-bond donors (Lipinski definition) is 0. The molecule has 1 aliphatic rings. The Bertz CT molecular complexity index is 98.3. The maximum Gasteiger partial charge on any atom is 0.00247 e. The summed E-state index contributed by atoms with van der Waals surface area (Å²) < 4.78 is 0. The molecule has 1 aliphatic heterocycles. The van der Waals surface area contributed by atoms with Crippen LogP contribution in [0, 0.1) is 0 Å². The standard InChI is InChI=1S/C5H8ClP/c1-5-2-3-7(6)4-5/h2H,3-4H2,1H3. The summed E-state index contributed by atoms with van der Waals surface area (Å²) in [6, 6.07) is 0. The summed E-state index contributed by atoms with van der Waals surface area (Å²) in [4.78, 5) is 0. The van der Waals surface area contributed by atoms with Gasteiger partial charge in [-0.15, -0.1) is 0 Å². The van der Waals surface area contributed by atoms with Gasteiger partial charge in [0.2, 0.25) is 0 Å². The summed E-state index contributed by atoms with van der Waals surface area (Å²) in [7, 11) is -0.125. The lowest BCUT2D eigenvalue weighted by molar-refractivity contribution is 1.42. The normalized spacial score (nSPS) is 30.6. The largest absolute Gasteiger partial charge is 0.0958 e. The first-order valence-corrected chi connectivity index (χ1v) is 4.97. The number of halogens is 1. The molecule has 1 rings (SSSR count). The minimum atomic E-state index is -0.125. The van der Waals surface area contributed by atoms with Crippen LogP contribution in [0.1, 0.15) is 6.92 Å². The average Bonchev–Trinajstić information content (AvgIpc) is 1.87. The molecule has 7 heavy (non-hydrogen) atoms. The molecule has 0 fully saturated rings. The second-order valence-corrected chi connectivity index (χ2v) is 4.89. The number of hydrogen-bond acceptors (Lipinski definition) is 0. The molecular weight excluding hydrogens is 126 g/mol. The molecule has 0 N–H and O–H groups in total. The molecule has 0 saturated carbocycles. The fourth-order valence-corrected chi connectivity index (χ4v) is 2.74. The summed E-state index contributed by atoms with van der Waals surface area (Å²) >= 11 is 5.82. The molecule has 0 aromatic rings. The molecule has 0 bridgehead atoms. The molecular formula is C5H8ClP. The Morgan fingerprint density at radius 1 is 1.86 bits per heavy atom. The lowest BCUT2D eigenvalue weighted by Gasteiger charge is -1.92. The van der Waals surface area contributed by atoms with E-state index in [-0.39, 0.29) is 7.27 Å².